The number of piperidine rings is 1. The summed E-state index contributed by atoms with van der Waals surface area (Å²) in [6.07, 6.45) is 8.74. The zero-order chi connectivity index (χ0) is 31.2. The molecule has 1 N–H and O–H groups in total. The molecule has 6 rings (SSSR count). The average molecular weight is 601 g/mol. The number of rotatable bonds is 5. The van der Waals surface area contributed by atoms with Crippen molar-refractivity contribution in [2.45, 2.75) is 97.7 Å². The summed E-state index contributed by atoms with van der Waals surface area (Å²) in [7, 11) is 0. The lowest BCUT2D eigenvalue weighted by Crippen LogP contribution is -2.44. The van der Waals surface area contributed by atoms with Gasteiger partial charge >= 0.3 is 6.01 Å². The second-order valence-electron chi connectivity index (χ2n) is 12.9. The smallest absolute Gasteiger partial charge is 0.321 e. The first-order valence-electron chi connectivity index (χ1n) is 15.7. The van der Waals surface area contributed by atoms with E-state index in [2.05, 4.69) is 27.3 Å². The van der Waals surface area contributed by atoms with E-state index in [0.29, 0.717) is 43.4 Å². The number of carbonyl (C=O) groups is 4. The highest BCUT2D eigenvalue weighted by Gasteiger charge is 2.66. The molecule has 2 fully saturated rings. The molecule has 232 valence electrons. The van der Waals surface area contributed by atoms with Gasteiger partial charge in [-0.1, -0.05) is 26.7 Å². The van der Waals surface area contributed by atoms with Crippen LogP contribution in [-0.2, 0) is 27.3 Å². The summed E-state index contributed by atoms with van der Waals surface area (Å²) in [5.74, 6) is 0.323. The molecule has 1 saturated carbocycles. The molecule has 11 heteroatoms. The first-order valence-corrected chi connectivity index (χ1v) is 15.7. The number of nitrogens with zero attached hydrogens (tertiary/aromatic N) is 5. The summed E-state index contributed by atoms with van der Waals surface area (Å²) >= 11 is 0. The summed E-state index contributed by atoms with van der Waals surface area (Å²) in [5.41, 5.74) is 2.51. The highest BCUT2D eigenvalue weighted by molar-refractivity contribution is 6.06. The zero-order valence-electron chi connectivity index (χ0n) is 25.9. The van der Waals surface area contributed by atoms with Crippen molar-refractivity contribution in [2.24, 2.45) is 11.3 Å². The van der Waals surface area contributed by atoms with Crippen LogP contribution < -0.4 is 10.1 Å². The van der Waals surface area contributed by atoms with Crippen LogP contribution in [0, 0.1) is 18.3 Å². The van der Waals surface area contributed by atoms with Gasteiger partial charge in [0.05, 0.1) is 11.6 Å². The molecule has 3 aromatic rings. The van der Waals surface area contributed by atoms with Crippen LogP contribution in [0.4, 0.5) is 0 Å². The molecule has 0 radical (unpaired) electrons. The van der Waals surface area contributed by atoms with E-state index in [1.807, 2.05) is 19.9 Å². The number of nitrogens with one attached hydrogen (secondary N) is 1. The molecule has 3 aliphatic rings. The molecule has 44 heavy (non-hydrogen) atoms. The van der Waals surface area contributed by atoms with Crippen molar-refractivity contribution in [3.05, 3.63) is 41.3 Å². The molecule has 2 aromatic heterocycles. The van der Waals surface area contributed by atoms with Crippen molar-refractivity contribution in [1.29, 1.82) is 0 Å². The lowest BCUT2D eigenvalue weighted by Gasteiger charge is -2.26. The molecule has 2 aliphatic heterocycles. The molecular weight excluding hydrogens is 560 g/mol. The number of aryl methyl sites for hydroxylation is 2. The molecule has 1 saturated heterocycles. The Morgan fingerprint density at radius 1 is 1.14 bits per heavy atom. The number of benzene rings is 1. The standard InChI is InChI=1S/C33H40N6O5/c1-5-26(41)25-13-33-14-27(33)39(25)29(43)17-38-31-22(9-7-6-8-19(2)10-28(42)36-18-33)11-23(12-24(31)30(37-38)21(4)40)44-32-34-15-20(3)16-35-32/h11-12,15-16,19,25,27H,5-10,13-14,17-18H2,1-4H3,(H,36,42)/t19-,25+,27-,33+/m1/s1. The second kappa shape index (κ2) is 11.7. The summed E-state index contributed by atoms with van der Waals surface area (Å²) < 4.78 is 7.67. The van der Waals surface area contributed by atoms with Gasteiger partial charge in [0.25, 0.3) is 0 Å². The molecule has 1 aliphatic carbocycles. The lowest BCUT2D eigenvalue weighted by molar-refractivity contribution is -0.139. The first-order chi connectivity index (χ1) is 21.1. The SMILES string of the molecule is CCC(=O)[C@@H]1C[C@]23CNC(=O)C[C@H](C)CCCCc4cc(Oc5ncc(C)cn5)cc5c(C(C)=O)nn(c45)CC(=O)N1[C@@H]2C3. The molecule has 0 unspecified atom stereocenters. The van der Waals surface area contributed by atoms with Gasteiger partial charge < -0.3 is 15.0 Å². The maximum atomic E-state index is 14.1. The van der Waals surface area contributed by atoms with Crippen LogP contribution in [0.15, 0.2) is 24.5 Å². The molecular formula is C33H40N6O5. The van der Waals surface area contributed by atoms with Gasteiger partial charge in [0.2, 0.25) is 11.8 Å². The van der Waals surface area contributed by atoms with Crippen molar-refractivity contribution in [1.82, 2.24) is 30.0 Å². The molecule has 1 aromatic carbocycles. The number of ether oxygens (including phenoxy) is 1. The van der Waals surface area contributed by atoms with Crippen LogP contribution in [-0.4, -0.2) is 66.7 Å². The second-order valence-corrected chi connectivity index (χ2v) is 12.9. The first kappa shape index (κ1) is 29.9. The maximum Gasteiger partial charge on any atom is 0.321 e. The van der Waals surface area contributed by atoms with E-state index < -0.39 is 6.04 Å². The van der Waals surface area contributed by atoms with Crippen LogP contribution in [0.1, 0.15) is 87.3 Å². The van der Waals surface area contributed by atoms with E-state index in [0.717, 1.165) is 42.3 Å². The summed E-state index contributed by atoms with van der Waals surface area (Å²) in [5, 5.41) is 8.39. The van der Waals surface area contributed by atoms with Crippen molar-refractivity contribution >= 4 is 34.3 Å². The number of aromatic nitrogens is 4. The van der Waals surface area contributed by atoms with Gasteiger partial charge in [-0.25, -0.2) is 9.97 Å². The third-order valence-electron chi connectivity index (χ3n) is 9.47. The topological polar surface area (TPSA) is 136 Å². The van der Waals surface area contributed by atoms with Crippen molar-refractivity contribution in [3.8, 4) is 11.8 Å². The van der Waals surface area contributed by atoms with Gasteiger partial charge in [0.1, 0.15) is 18.0 Å². The van der Waals surface area contributed by atoms with E-state index in [4.69, 9.17) is 4.74 Å². The number of carbonyl (C=O) groups excluding carboxylic acids is 4. The zero-order valence-corrected chi connectivity index (χ0v) is 25.9. The number of Topliss-reactive ketones (excluding diaryl/α,β-unsaturated/α-hetero) is 2. The minimum atomic E-state index is -0.524. The number of hydrogen-bond donors (Lipinski definition) is 1. The monoisotopic (exact) mass is 600 g/mol. The largest absolute Gasteiger partial charge is 0.424 e. The van der Waals surface area contributed by atoms with Gasteiger partial charge in [0.15, 0.2) is 11.6 Å². The van der Waals surface area contributed by atoms with Crippen LogP contribution in [0.3, 0.4) is 0 Å². The quantitative estimate of drug-likeness (QED) is 0.427. The van der Waals surface area contributed by atoms with Crippen LogP contribution >= 0.6 is 0 Å². The molecule has 4 heterocycles. The summed E-state index contributed by atoms with van der Waals surface area (Å²) in [6.45, 7) is 7.65. The van der Waals surface area contributed by atoms with E-state index in [1.54, 1.807) is 28.0 Å². The van der Waals surface area contributed by atoms with Gasteiger partial charge in [-0.05, 0) is 61.8 Å². The summed E-state index contributed by atoms with van der Waals surface area (Å²) in [4.78, 5) is 63.1. The minimum absolute atomic E-state index is 0.0202. The fraction of sp³-hybridized carbons (Fsp3) is 0.545. The number of amides is 2. The predicted octanol–water partition coefficient (Wildman–Crippen LogP) is 4.34. The van der Waals surface area contributed by atoms with Crippen LogP contribution in [0.2, 0.25) is 0 Å². The van der Waals surface area contributed by atoms with E-state index in [1.165, 1.54) is 6.92 Å². The third kappa shape index (κ3) is 5.71. The Bertz CT molecular complexity index is 1630. The van der Waals surface area contributed by atoms with Gasteiger partial charge in [0, 0.05) is 55.5 Å². The van der Waals surface area contributed by atoms with Gasteiger partial charge in [-0.3, -0.25) is 23.9 Å². The van der Waals surface area contributed by atoms with Crippen LogP contribution in [0.5, 0.6) is 11.8 Å². The third-order valence-corrected chi connectivity index (χ3v) is 9.47. The Morgan fingerprint density at radius 2 is 1.91 bits per heavy atom. The molecule has 0 spiro atoms. The number of ketones is 2. The highest BCUT2D eigenvalue weighted by Crippen LogP contribution is 2.59. The highest BCUT2D eigenvalue weighted by atomic mass is 16.5. The van der Waals surface area contributed by atoms with E-state index >= 15 is 0 Å². The maximum absolute atomic E-state index is 14.1. The number of hydrogen-bond acceptors (Lipinski definition) is 8. The Morgan fingerprint density at radius 3 is 2.64 bits per heavy atom. The Labute approximate surface area is 256 Å². The van der Waals surface area contributed by atoms with Crippen molar-refractivity contribution in [3.63, 3.8) is 0 Å². The molecule has 2 amide bonds. The average Bonchev–Trinajstić information content (AvgIpc) is 3.40. The predicted molar refractivity (Wildman–Crippen MR) is 162 cm³/mol. The fourth-order valence-electron chi connectivity index (χ4n) is 7.08. The minimum Gasteiger partial charge on any atom is -0.424 e. The fourth-order valence-corrected chi connectivity index (χ4v) is 7.08. The van der Waals surface area contributed by atoms with E-state index in [9.17, 15) is 19.2 Å². The van der Waals surface area contributed by atoms with Gasteiger partial charge in [-0.2, -0.15) is 5.10 Å². The lowest BCUT2D eigenvalue weighted by atomic mass is 9.95. The van der Waals surface area contributed by atoms with E-state index in [-0.39, 0.29) is 59.0 Å². The van der Waals surface area contributed by atoms with Gasteiger partial charge in [-0.15, -0.1) is 0 Å². The normalized spacial score (nSPS) is 25.7. The Kier molecular flexibility index (Phi) is 7.98. The molecule has 4 atom stereocenters. The molecule has 2 bridgehead atoms. The summed E-state index contributed by atoms with van der Waals surface area (Å²) in [6, 6.07) is 3.24. The van der Waals surface area contributed by atoms with Crippen LogP contribution in [0.25, 0.3) is 10.9 Å². The molecule has 11 nitrogen and oxygen atoms in total. The van der Waals surface area contributed by atoms with Crippen molar-refractivity contribution < 1.29 is 23.9 Å². The Hall–Kier alpha value is -4.15. The Balaban J connectivity index is 1.42. The van der Waals surface area contributed by atoms with Crippen molar-refractivity contribution in [2.75, 3.05) is 6.54 Å².